The number of carbonyl (C=O) groups excluding carboxylic acids is 1. The van der Waals surface area contributed by atoms with Crippen molar-refractivity contribution in [1.82, 2.24) is 0 Å². The van der Waals surface area contributed by atoms with Crippen LogP contribution in [0.2, 0.25) is 0 Å². The van der Waals surface area contributed by atoms with Crippen LogP contribution in [0.25, 0.3) is 10.8 Å². The van der Waals surface area contributed by atoms with Gasteiger partial charge in [0.25, 0.3) is 0 Å². The molecule has 0 radical (unpaired) electrons. The number of ether oxygens (including phenoxy) is 2. The number of hydrogen-bond acceptors (Lipinski definition) is 3. The van der Waals surface area contributed by atoms with E-state index in [1.807, 2.05) is 36.4 Å². The number of ketones is 1. The van der Waals surface area contributed by atoms with Crippen LogP contribution in [0.15, 0.2) is 60.7 Å². The molecule has 0 amide bonds. The first-order chi connectivity index (χ1) is 21.6. The van der Waals surface area contributed by atoms with Crippen molar-refractivity contribution in [3.05, 3.63) is 71.8 Å². The SMILES string of the molecule is CCCCCCCCCCCCCCCCCCOc1ccc2c(OCc3ccc(C(=O)C[C@H](C)CC)cc3)cccc2c1. The summed E-state index contributed by atoms with van der Waals surface area (Å²) in [6.45, 7) is 7.79. The zero-order valence-electron chi connectivity index (χ0n) is 28.2. The summed E-state index contributed by atoms with van der Waals surface area (Å²) in [4.78, 5) is 12.4. The summed E-state index contributed by atoms with van der Waals surface area (Å²) in [7, 11) is 0. The molecule has 1 atom stereocenters. The van der Waals surface area contributed by atoms with Crippen LogP contribution in [-0.2, 0) is 6.61 Å². The fraction of sp³-hybridized carbons (Fsp3) is 0.585. The van der Waals surface area contributed by atoms with Gasteiger partial charge in [0.15, 0.2) is 5.78 Å². The Morgan fingerprint density at radius 3 is 1.84 bits per heavy atom. The Kier molecular flexibility index (Phi) is 17.7. The van der Waals surface area contributed by atoms with Crippen LogP contribution in [0.4, 0.5) is 0 Å². The summed E-state index contributed by atoms with van der Waals surface area (Å²) < 4.78 is 12.3. The van der Waals surface area contributed by atoms with Crippen LogP contribution in [0.5, 0.6) is 11.5 Å². The molecule has 0 unspecified atom stereocenters. The molecule has 0 fully saturated rings. The van der Waals surface area contributed by atoms with Crippen LogP contribution in [-0.4, -0.2) is 12.4 Å². The Balaban J connectivity index is 1.27. The van der Waals surface area contributed by atoms with Gasteiger partial charge < -0.3 is 9.47 Å². The number of unbranched alkanes of at least 4 members (excludes halogenated alkanes) is 15. The summed E-state index contributed by atoms with van der Waals surface area (Å²) in [5, 5.41) is 2.21. The molecule has 3 nitrogen and oxygen atoms in total. The Morgan fingerprint density at radius 1 is 0.659 bits per heavy atom. The van der Waals surface area contributed by atoms with Crippen molar-refractivity contribution in [3.8, 4) is 11.5 Å². The fourth-order valence-corrected chi connectivity index (χ4v) is 5.81. The van der Waals surface area contributed by atoms with E-state index in [0.29, 0.717) is 18.9 Å². The van der Waals surface area contributed by atoms with Crippen molar-refractivity contribution in [2.75, 3.05) is 6.61 Å². The van der Waals surface area contributed by atoms with Crippen molar-refractivity contribution in [3.63, 3.8) is 0 Å². The highest BCUT2D eigenvalue weighted by Gasteiger charge is 2.10. The van der Waals surface area contributed by atoms with Crippen LogP contribution in [0, 0.1) is 5.92 Å². The molecule has 3 aromatic carbocycles. The molecule has 0 aliphatic rings. The van der Waals surface area contributed by atoms with E-state index >= 15 is 0 Å². The number of benzene rings is 3. The second kappa shape index (κ2) is 21.8. The first-order valence-corrected chi connectivity index (χ1v) is 18.0. The lowest BCUT2D eigenvalue weighted by molar-refractivity contribution is 0.0963. The molecule has 0 N–H and O–H groups in total. The molecule has 3 heteroatoms. The Morgan fingerprint density at radius 2 is 1.25 bits per heavy atom. The van der Waals surface area contributed by atoms with Gasteiger partial charge in [-0.05, 0) is 47.6 Å². The van der Waals surface area contributed by atoms with Gasteiger partial charge in [0.2, 0.25) is 0 Å². The van der Waals surface area contributed by atoms with Gasteiger partial charge >= 0.3 is 0 Å². The van der Waals surface area contributed by atoms with Gasteiger partial charge in [-0.1, -0.05) is 160 Å². The second-order valence-corrected chi connectivity index (χ2v) is 12.9. The minimum atomic E-state index is 0.216. The highest BCUT2D eigenvalue weighted by molar-refractivity contribution is 5.96. The second-order valence-electron chi connectivity index (χ2n) is 12.9. The third-order valence-corrected chi connectivity index (χ3v) is 8.98. The quantitative estimate of drug-likeness (QED) is 0.0717. The Hall–Kier alpha value is -2.81. The van der Waals surface area contributed by atoms with Gasteiger partial charge in [-0.2, -0.15) is 0 Å². The zero-order valence-corrected chi connectivity index (χ0v) is 28.2. The first-order valence-electron chi connectivity index (χ1n) is 18.0. The molecule has 3 aromatic rings. The van der Waals surface area contributed by atoms with E-state index in [2.05, 4.69) is 45.0 Å². The summed E-state index contributed by atoms with van der Waals surface area (Å²) in [5.41, 5.74) is 1.84. The van der Waals surface area contributed by atoms with Crippen LogP contribution < -0.4 is 9.47 Å². The summed E-state index contributed by atoms with van der Waals surface area (Å²) in [6.07, 6.45) is 23.7. The Bertz CT molecular complexity index is 1180. The molecule has 0 aliphatic heterocycles. The highest BCUT2D eigenvalue weighted by Crippen LogP contribution is 2.30. The highest BCUT2D eigenvalue weighted by atomic mass is 16.5. The molecular weight excluding hydrogens is 540 g/mol. The van der Waals surface area contributed by atoms with Crippen molar-refractivity contribution in [2.24, 2.45) is 5.92 Å². The molecule has 44 heavy (non-hydrogen) atoms. The van der Waals surface area contributed by atoms with Crippen LogP contribution >= 0.6 is 0 Å². The predicted octanol–water partition coefficient (Wildman–Crippen LogP) is 12.7. The molecule has 0 bridgehead atoms. The predicted molar refractivity (Wildman–Crippen MR) is 188 cm³/mol. The lowest BCUT2D eigenvalue weighted by atomic mass is 9.97. The fourth-order valence-electron chi connectivity index (χ4n) is 5.81. The third-order valence-electron chi connectivity index (χ3n) is 8.98. The topological polar surface area (TPSA) is 35.5 Å². The molecular formula is C41H60O3. The Labute approximate surface area is 269 Å². The maximum atomic E-state index is 12.4. The molecule has 0 aromatic heterocycles. The van der Waals surface area contributed by atoms with Crippen LogP contribution in [0.3, 0.4) is 0 Å². The van der Waals surface area contributed by atoms with E-state index < -0.39 is 0 Å². The van der Waals surface area contributed by atoms with Gasteiger partial charge in [-0.15, -0.1) is 0 Å². The number of hydrogen-bond donors (Lipinski definition) is 0. The maximum Gasteiger partial charge on any atom is 0.163 e. The standard InChI is InChI=1S/C41H60O3/c1-4-6-7-8-9-10-11-12-13-14-15-16-17-18-19-20-30-43-38-28-29-39-37(32-38)22-21-23-41(39)44-33-35-24-26-36(27-25-35)40(42)31-34(3)5-2/h21-29,32,34H,4-20,30-31,33H2,1-3H3/t34-/m1/s1. The lowest BCUT2D eigenvalue weighted by Gasteiger charge is -2.12. The molecule has 0 aliphatic carbocycles. The van der Waals surface area contributed by atoms with E-state index in [9.17, 15) is 4.79 Å². The molecule has 0 heterocycles. The minimum absolute atomic E-state index is 0.216. The molecule has 242 valence electrons. The lowest BCUT2D eigenvalue weighted by Crippen LogP contribution is -2.05. The van der Waals surface area contributed by atoms with Crippen molar-refractivity contribution < 1.29 is 14.3 Å². The van der Waals surface area contributed by atoms with Crippen molar-refractivity contribution in [1.29, 1.82) is 0 Å². The average Bonchev–Trinajstić information content (AvgIpc) is 3.05. The summed E-state index contributed by atoms with van der Waals surface area (Å²) >= 11 is 0. The first kappa shape index (κ1) is 35.7. The third kappa shape index (κ3) is 13.9. The van der Waals surface area contributed by atoms with E-state index in [1.165, 1.54) is 96.3 Å². The average molecular weight is 601 g/mol. The van der Waals surface area contributed by atoms with Gasteiger partial charge in [-0.25, -0.2) is 0 Å². The van der Waals surface area contributed by atoms with Gasteiger partial charge in [0.1, 0.15) is 18.1 Å². The van der Waals surface area contributed by atoms with E-state index in [4.69, 9.17) is 9.47 Å². The van der Waals surface area contributed by atoms with Gasteiger partial charge in [0.05, 0.1) is 6.61 Å². The maximum absolute atomic E-state index is 12.4. The largest absolute Gasteiger partial charge is 0.494 e. The van der Waals surface area contributed by atoms with Crippen molar-refractivity contribution in [2.45, 2.75) is 143 Å². The van der Waals surface area contributed by atoms with E-state index in [0.717, 1.165) is 52.8 Å². The van der Waals surface area contributed by atoms with Gasteiger partial charge in [0, 0.05) is 17.4 Å². The molecule has 0 saturated heterocycles. The molecule has 0 spiro atoms. The van der Waals surface area contributed by atoms with Gasteiger partial charge in [-0.3, -0.25) is 4.79 Å². The number of rotatable bonds is 25. The summed E-state index contributed by atoms with van der Waals surface area (Å²) in [6, 6.07) is 20.3. The van der Waals surface area contributed by atoms with Crippen molar-refractivity contribution >= 4 is 16.6 Å². The summed E-state index contributed by atoms with van der Waals surface area (Å²) in [5.74, 6) is 2.42. The number of carbonyl (C=O) groups is 1. The molecule has 0 saturated carbocycles. The molecule has 3 rings (SSSR count). The monoisotopic (exact) mass is 600 g/mol. The smallest absolute Gasteiger partial charge is 0.163 e. The zero-order chi connectivity index (χ0) is 31.2. The minimum Gasteiger partial charge on any atom is -0.494 e. The number of fused-ring (bicyclic) bond motifs is 1. The van der Waals surface area contributed by atoms with Crippen LogP contribution in [0.1, 0.15) is 152 Å². The normalized spacial score (nSPS) is 12.0. The van der Waals surface area contributed by atoms with E-state index in [1.54, 1.807) is 0 Å². The van der Waals surface area contributed by atoms with E-state index in [-0.39, 0.29) is 5.78 Å². The number of Topliss-reactive ketones (excluding diaryl/α,β-unsaturated/α-hetero) is 1.